The Hall–Kier alpha value is -3.34. The standard InChI is InChI=1S/C21H26N6O4S/c1-5-6-11-27-17-18(25(3)21(31)26(4)19(17)30)24-20(27)32-12-16(29)23-15-9-7-14(8-10-15)22-13(2)28/h7-10H,5-6,11-12H2,1-4H3,(H,22,28)(H,23,29). The van der Waals surface area contributed by atoms with Gasteiger partial charge in [-0.1, -0.05) is 25.1 Å². The maximum Gasteiger partial charge on any atom is 0.332 e. The summed E-state index contributed by atoms with van der Waals surface area (Å²) in [7, 11) is 3.02. The molecule has 2 N–H and O–H groups in total. The molecule has 0 atom stereocenters. The summed E-state index contributed by atoms with van der Waals surface area (Å²) in [5, 5.41) is 5.98. The third kappa shape index (κ3) is 4.93. The van der Waals surface area contributed by atoms with Gasteiger partial charge in [-0.2, -0.15) is 0 Å². The molecule has 11 heteroatoms. The molecule has 3 aromatic rings. The average Bonchev–Trinajstić information content (AvgIpc) is 3.13. The number of aryl methyl sites for hydroxylation is 2. The molecule has 0 spiro atoms. The molecule has 0 aliphatic carbocycles. The first-order chi connectivity index (χ1) is 15.2. The summed E-state index contributed by atoms with van der Waals surface area (Å²) >= 11 is 1.21. The monoisotopic (exact) mass is 458 g/mol. The molecule has 0 unspecified atom stereocenters. The number of nitrogens with zero attached hydrogens (tertiary/aromatic N) is 4. The molecule has 0 aliphatic rings. The number of unbranched alkanes of at least 4 members (excludes halogenated alkanes) is 1. The minimum atomic E-state index is -0.445. The van der Waals surface area contributed by atoms with E-state index >= 15 is 0 Å². The van der Waals surface area contributed by atoms with Gasteiger partial charge in [0, 0.05) is 38.9 Å². The summed E-state index contributed by atoms with van der Waals surface area (Å²) in [6.07, 6.45) is 1.75. The summed E-state index contributed by atoms with van der Waals surface area (Å²) < 4.78 is 4.21. The molecule has 0 saturated carbocycles. The van der Waals surface area contributed by atoms with Gasteiger partial charge < -0.3 is 15.2 Å². The van der Waals surface area contributed by atoms with Crippen LogP contribution in [0.3, 0.4) is 0 Å². The molecule has 0 bridgehead atoms. The molecule has 2 amide bonds. The Kier molecular flexibility index (Phi) is 7.18. The largest absolute Gasteiger partial charge is 0.332 e. The maximum absolute atomic E-state index is 12.7. The predicted octanol–water partition coefficient (Wildman–Crippen LogP) is 1.92. The van der Waals surface area contributed by atoms with Crippen LogP contribution < -0.4 is 21.9 Å². The molecule has 0 radical (unpaired) electrons. The first-order valence-corrected chi connectivity index (χ1v) is 11.2. The van der Waals surface area contributed by atoms with Crippen molar-refractivity contribution in [3.05, 3.63) is 45.1 Å². The predicted molar refractivity (Wildman–Crippen MR) is 125 cm³/mol. The highest BCUT2D eigenvalue weighted by Gasteiger charge is 2.20. The van der Waals surface area contributed by atoms with Crippen LogP contribution in [0.1, 0.15) is 26.7 Å². The number of imidazole rings is 1. The summed E-state index contributed by atoms with van der Waals surface area (Å²) in [6, 6.07) is 6.79. The van der Waals surface area contributed by atoms with Crippen LogP contribution >= 0.6 is 11.8 Å². The van der Waals surface area contributed by atoms with Crippen molar-refractivity contribution in [2.45, 2.75) is 38.4 Å². The Bertz CT molecular complexity index is 1270. The van der Waals surface area contributed by atoms with Gasteiger partial charge >= 0.3 is 5.69 Å². The lowest BCUT2D eigenvalue weighted by Gasteiger charge is -2.09. The van der Waals surface area contributed by atoms with Crippen molar-refractivity contribution in [3.63, 3.8) is 0 Å². The van der Waals surface area contributed by atoms with Gasteiger partial charge in [0.15, 0.2) is 16.3 Å². The lowest BCUT2D eigenvalue weighted by Crippen LogP contribution is -2.37. The fourth-order valence-corrected chi connectivity index (χ4v) is 4.05. The molecule has 10 nitrogen and oxygen atoms in total. The van der Waals surface area contributed by atoms with Crippen molar-refractivity contribution in [3.8, 4) is 0 Å². The van der Waals surface area contributed by atoms with Crippen molar-refractivity contribution in [2.24, 2.45) is 14.1 Å². The molecule has 170 valence electrons. The average molecular weight is 459 g/mol. The number of carbonyl (C=O) groups is 2. The third-order valence-electron chi connectivity index (χ3n) is 4.87. The zero-order valence-electron chi connectivity index (χ0n) is 18.5. The van der Waals surface area contributed by atoms with Gasteiger partial charge in [0.05, 0.1) is 5.75 Å². The number of carbonyl (C=O) groups excluding carboxylic acids is 2. The number of nitrogens with one attached hydrogen (secondary N) is 2. The Morgan fingerprint density at radius 2 is 1.66 bits per heavy atom. The van der Waals surface area contributed by atoms with E-state index in [4.69, 9.17) is 0 Å². The SMILES string of the molecule is CCCCn1c(SCC(=O)Nc2ccc(NC(C)=O)cc2)nc2c1c(=O)n(C)c(=O)n2C. The number of fused-ring (bicyclic) bond motifs is 1. The van der Waals surface area contributed by atoms with E-state index in [9.17, 15) is 19.2 Å². The van der Waals surface area contributed by atoms with Crippen molar-refractivity contribution in [1.29, 1.82) is 0 Å². The zero-order chi connectivity index (χ0) is 23.4. The van der Waals surface area contributed by atoms with Gasteiger partial charge in [-0.05, 0) is 30.7 Å². The smallest absolute Gasteiger partial charge is 0.326 e. The van der Waals surface area contributed by atoms with E-state index in [0.29, 0.717) is 34.2 Å². The van der Waals surface area contributed by atoms with Gasteiger partial charge in [0.2, 0.25) is 11.8 Å². The summed E-state index contributed by atoms with van der Waals surface area (Å²) in [6.45, 7) is 4.04. The van der Waals surface area contributed by atoms with Crippen molar-refractivity contribution in [2.75, 3.05) is 16.4 Å². The summed E-state index contributed by atoms with van der Waals surface area (Å²) in [4.78, 5) is 53.1. The van der Waals surface area contributed by atoms with Crippen LogP contribution in [0.2, 0.25) is 0 Å². The second-order valence-electron chi connectivity index (χ2n) is 7.37. The highest BCUT2D eigenvalue weighted by atomic mass is 32.2. The molecule has 0 saturated heterocycles. The van der Waals surface area contributed by atoms with Gasteiger partial charge in [0.25, 0.3) is 5.56 Å². The topological polar surface area (TPSA) is 120 Å². The molecular formula is C21H26N6O4S. The van der Waals surface area contributed by atoms with E-state index in [1.807, 2.05) is 6.92 Å². The summed E-state index contributed by atoms with van der Waals surface area (Å²) in [5.41, 5.74) is 1.06. The van der Waals surface area contributed by atoms with Crippen LogP contribution in [0.15, 0.2) is 39.0 Å². The number of benzene rings is 1. The molecule has 2 aromatic heterocycles. The molecule has 1 aromatic carbocycles. The number of aromatic nitrogens is 4. The molecule has 0 fully saturated rings. The van der Waals surface area contributed by atoms with E-state index in [-0.39, 0.29) is 17.6 Å². The number of thioether (sulfide) groups is 1. The van der Waals surface area contributed by atoms with Gasteiger partial charge in [-0.15, -0.1) is 0 Å². The van der Waals surface area contributed by atoms with Crippen LogP contribution in [0, 0.1) is 0 Å². The first-order valence-electron chi connectivity index (χ1n) is 10.2. The van der Waals surface area contributed by atoms with Gasteiger partial charge in [-0.3, -0.25) is 23.5 Å². The fraction of sp³-hybridized carbons (Fsp3) is 0.381. The number of hydrogen-bond donors (Lipinski definition) is 2. The van der Waals surface area contributed by atoms with Crippen molar-refractivity contribution in [1.82, 2.24) is 18.7 Å². The van der Waals surface area contributed by atoms with Gasteiger partial charge in [0.1, 0.15) is 0 Å². The van der Waals surface area contributed by atoms with Crippen molar-refractivity contribution < 1.29 is 9.59 Å². The Morgan fingerprint density at radius 3 is 2.25 bits per heavy atom. The normalized spacial score (nSPS) is 11.0. The van der Waals surface area contributed by atoms with E-state index in [0.717, 1.165) is 17.4 Å². The van der Waals surface area contributed by atoms with Crippen LogP contribution in [-0.2, 0) is 30.2 Å². The second-order valence-corrected chi connectivity index (χ2v) is 8.32. The van der Waals surface area contributed by atoms with E-state index in [2.05, 4.69) is 15.6 Å². The fourth-order valence-electron chi connectivity index (χ4n) is 3.23. The molecule has 3 rings (SSSR count). The van der Waals surface area contributed by atoms with Crippen LogP contribution in [-0.4, -0.2) is 36.3 Å². The van der Waals surface area contributed by atoms with Crippen molar-refractivity contribution >= 4 is 46.1 Å². The number of rotatable bonds is 8. The summed E-state index contributed by atoms with van der Waals surface area (Å²) in [5.74, 6) is -0.327. The zero-order valence-corrected chi connectivity index (χ0v) is 19.3. The molecular weight excluding hydrogens is 432 g/mol. The second kappa shape index (κ2) is 9.86. The van der Waals surface area contributed by atoms with Crippen LogP contribution in [0.4, 0.5) is 11.4 Å². The van der Waals surface area contributed by atoms with E-state index < -0.39 is 11.2 Å². The number of hydrogen-bond acceptors (Lipinski definition) is 6. The highest BCUT2D eigenvalue weighted by molar-refractivity contribution is 7.99. The lowest BCUT2D eigenvalue weighted by atomic mass is 10.3. The number of amides is 2. The Balaban J connectivity index is 1.80. The quantitative estimate of drug-likeness (QED) is 0.498. The first kappa shape index (κ1) is 23.3. The van der Waals surface area contributed by atoms with Crippen LogP contribution in [0.25, 0.3) is 11.2 Å². The van der Waals surface area contributed by atoms with Crippen LogP contribution in [0.5, 0.6) is 0 Å². The maximum atomic E-state index is 12.7. The molecule has 0 aliphatic heterocycles. The lowest BCUT2D eigenvalue weighted by molar-refractivity contribution is -0.114. The minimum absolute atomic E-state index is 0.0805. The van der Waals surface area contributed by atoms with E-state index in [1.165, 1.54) is 30.3 Å². The van der Waals surface area contributed by atoms with Gasteiger partial charge in [-0.25, -0.2) is 9.78 Å². The molecule has 2 heterocycles. The minimum Gasteiger partial charge on any atom is -0.326 e. The Morgan fingerprint density at radius 1 is 1.03 bits per heavy atom. The number of anilines is 2. The Labute approximate surface area is 188 Å². The van der Waals surface area contributed by atoms with E-state index in [1.54, 1.807) is 35.9 Å². The highest BCUT2D eigenvalue weighted by Crippen LogP contribution is 2.23. The third-order valence-corrected chi connectivity index (χ3v) is 5.85. The molecule has 32 heavy (non-hydrogen) atoms.